The Bertz CT molecular complexity index is 755. The largest absolute Gasteiger partial charge is 0.495 e. The van der Waals surface area contributed by atoms with Crippen LogP contribution in [0.3, 0.4) is 0 Å². The van der Waals surface area contributed by atoms with E-state index < -0.39 is 35.5 Å². The van der Waals surface area contributed by atoms with E-state index in [1.54, 1.807) is 53.7 Å². The highest BCUT2D eigenvalue weighted by atomic mass is 35.5. The second kappa shape index (κ2) is 10.2. The topological polar surface area (TPSA) is 95.1 Å². The van der Waals surface area contributed by atoms with Crippen LogP contribution < -0.4 is 15.4 Å². The minimum Gasteiger partial charge on any atom is -0.495 e. The van der Waals surface area contributed by atoms with Crippen LogP contribution in [0.5, 0.6) is 5.75 Å². The summed E-state index contributed by atoms with van der Waals surface area (Å²) in [4.78, 5) is 24.3. The maximum Gasteiger partial charge on any atom is 0.412 e. The van der Waals surface area contributed by atoms with Crippen molar-refractivity contribution < 1.29 is 28.5 Å². The third-order valence-electron chi connectivity index (χ3n) is 3.78. The molecule has 2 amide bonds. The van der Waals surface area contributed by atoms with Crippen molar-refractivity contribution in [3.63, 3.8) is 0 Å². The maximum absolute atomic E-state index is 12.2. The quantitative estimate of drug-likeness (QED) is 0.578. The standard InChI is InChI=1S/C21H33ClN2O6/c1-12(17(28-9)24-19(26)30-21(5,6)7)14-10-13(11-15(22)16(14)27-8)23-18(25)29-20(2,3)4/h10-12,17H,1-9H3,(H,23,25)(H,24,26)/t12-,17-/m0/s1. The molecule has 0 heterocycles. The molecule has 2 atom stereocenters. The Morgan fingerprint density at radius 2 is 1.50 bits per heavy atom. The SMILES string of the molecule is COc1c(Cl)cc(NC(=O)OC(C)(C)C)cc1[C@H](C)[C@@H](NC(=O)OC(C)(C)C)OC. The minimum atomic E-state index is -0.735. The van der Waals surface area contributed by atoms with Gasteiger partial charge < -0.3 is 18.9 Å². The lowest BCUT2D eigenvalue weighted by atomic mass is 9.97. The number of alkyl carbamates (subject to hydrolysis) is 1. The number of anilines is 1. The summed E-state index contributed by atoms with van der Waals surface area (Å²) in [5, 5.41) is 5.64. The molecule has 0 radical (unpaired) electrons. The second-order valence-electron chi connectivity index (χ2n) is 8.80. The normalized spacial score (nSPS) is 13.8. The van der Waals surface area contributed by atoms with Crippen LogP contribution in [-0.4, -0.2) is 43.8 Å². The lowest BCUT2D eigenvalue weighted by Gasteiger charge is -2.28. The Labute approximate surface area is 183 Å². The molecule has 0 fully saturated rings. The van der Waals surface area contributed by atoms with Crippen molar-refractivity contribution in [2.24, 2.45) is 0 Å². The highest BCUT2D eigenvalue weighted by molar-refractivity contribution is 6.32. The number of benzene rings is 1. The van der Waals surface area contributed by atoms with E-state index >= 15 is 0 Å². The molecule has 0 aromatic heterocycles. The van der Waals surface area contributed by atoms with E-state index in [4.69, 9.17) is 30.5 Å². The third-order valence-corrected chi connectivity index (χ3v) is 4.06. The van der Waals surface area contributed by atoms with Crippen molar-refractivity contribution in [1.29, 1.82) is 0 Å². The molecule has 30 heavy (non-hydrogen) atoms. The van der Waals surface area contributed by atoms with Crippen LogP contribution in [0.15, 0.2) is 12.1 Å². The van der Waals surface area contributed by atoms with Gasteiger partial charge in [0.1, 0.15) is 23.2 Å². The molecule has 0 aliphatic carbocycles. The number of carbonyl (C=O) groups is 2. The van der Waals surface area contributed by atoms with Crippen LogP contribution in [-0.2, 0) is 14.2 Å². The fourth-order valence-corrected chi connectivity index (χ4v) is 2.94. The molecule has 0 unspecified atom stereocenters. The Kier molecular flexibility index (Phi) is 8.80. The van der Waals surface area contributed by atoms with Crippen molar-refractivity contribution in [2.75, 3.05) is 19.5 Å². The molecular formula is C21H33ClN2O6. The zero-order valence-electron chi connectivity index (χ0n) is 19.1. The van der Waals surface area contributed by atoms with Gasteiger partial charge in [-0.05, 0) is 53.7 Å². The van der Waals surface area contributed by atoms with Crippen LogP contribution in [0.1, 0.15) is 59.9 Å². The molecule has 0 spiro atoms. The van der Waals surface area contributed by atoms with Gasteiger partial charge in [-0.15, -0.1) is 0 Å². The number of methoxy groups -OCH3 is 2. The molecular weight excluding hydrogens is 412 g/mol. The van der Waals surface area contributed by atoms with E-state index in [0.29, 0.717) is 22.0 Å². The van der Waals surface area contributed by atoms with Gasteiger partial charge in [0.05, 0.1) is 12.1 Å². The summed E-state index contributed by atoms with van der Waals surface area (Å²) in [6.07, 6.45) is -1.96. The average Bonchev–Trinajstić information content (AvgIpc) is 2.55. The van der Waals surface area contributed by atoms with Gasteiger partial charge in [-0.3, -0.25) is 10.6 Å². The number of nitrogens with one attached hydrogen (secondary N) is 2. The number of hydrogen-bond donors (Lipinski definition) is 2. The van der Waals surface area contributed by atoms with E-state index in [0.717, 1.165) is 0 Å². The monoisotopic (exact) mass is 444 g/mol. The number of ether oxygens (including phenoxy) is 4. The number of hydrogen-bond acceptors (Lipinski definition) is 6. The highest BCUT2D eigenvalue weighted by Crippen LogP contribution is 2.38. The predicted molar refractivity (Wildman–Crippen MR) is 116 cm³/mol. The van der Waals surface area contributed by atoms with E-state index in [-0.39, 0.29) is 0 Å². The molecule has 0 saturated carbocycles. The lowest BCUT2D eigenvalue weighted by molar-refractivity contribution is 0.0165. The first-order valence-corrected chi connectivity index (χ1v) is 9.94. The molecule has 0 aliphatic rings. The smallest absolute Gasteiger partial charge is 0.412 e. The number of amides is 2. The Balaban J connectivity index is 3.15. The van der Waals surface area contributed by atoms with Gasteiger partial charge in [0.25, 0.3) is 0 Å². The second-order valence-corrected chi connectivity index (χ2v) is 9.21. The van der Waals surface area contributed by atoms with Gasteiger partial charge in [-0.1, -0.05) is 18.5 Å². The third kappa shape index (κ3) is 8.28. The molecule has 0 bridgehead atoms. The lowest BCUT2D eigenvalue weighted by Crippen LogP contribution is -2.42. The first kappa shape index (κ1) is 25.8. The fraction of sp³-hybridized carbons (Fsp3) is 0.619. The van der Waals surface area contributed by atoms with Crippen LogP contribution in [0.4, 0.5) is 15.3 Å². The zero-order chi connectivity index (χ0) is 23.3. The van der Waals surface area contributed by atoms with Gasteiger partial charge >= 0.3 is 12.2 Å². The number of halogens is 1. The predicted octanol–water partition coefficient (Wildman–Crippen LogP) is 5.30. The van der Waals surface area contributed by atoms with Crippen molar-refractivity contribution in [3.8, 4) is 5.75 Å². The van der Waals surface area contributed by atoms with Gasteiger partial charge in [0, 0.05) is 24.3 Å². The molecule has 0 aliphatic heterocycles. The average molecular weight is 445 g/mol. The summed E-state index contributed by atoms with van der Waals surface area (Å²) < 4.78 is 21.5. The fourth-order valence-electron chi connectivity index (χ4n) is 2.64. The van der Waals surface area contributed by atoms with E-state index in [9.17, 15) is 9.59 Å². The van der Waals surface area contributed by atoms with Gasteiger partial charge in [-0.25, -0.2) is 9.59 Å². The van der Waals surface area contributed by atoms with Gasteiger partial charge in [0.2, 0.25) is 0 Å². The van der Waals surface area contributed by atoms with E-state index in [1.807, 2.05) is 6.92 Å². The summed E-state index contributed by atoms with van der Waals surface area (Å²) in [6.45, 7) is 12.5. The molecule has 1 rings (SSSR count). The Morgan fingerprint density at radius 3 is 1.97 bits per heavy atom. The summed E-state index contributed by atoms with van der Waals surface area (Å²) in [6, 6.07) is 3.26. The van der Waals surface area contributed by atoms with Gasteiger partial charge in [-0.2, -0.15) is 0 Å². The van der Waals surface area contributed by atoms with E-state index in [1.165, 1.54) is 14.2 Å². The highest BCUT2D eigenvalue weighted by Gasteiger charge is 2.28. The molecule has 0 saturated heterocycles. The Hall–Kier alpha value is -2.19. The van der Waals surface area contributed by atoms with Crippen LogP contribution in [0, 0.1) is 0 Å². The Morgan fingerprint density at radius 1 is 0.967 bits per heavy atom. The number of carbonyl (C=O) groups excluding carboxylic acids is 2. The van der Waals surface area contributed by atoms with Crippen LogP contribution in [0.2, 0.25) is 5.02 Å². The van der Waals surface area contributed by atoms with Crippen molar-refractivity contribution in [2.45, 2.75) is 71.8 Å². The first-order chi connectivity index (χ1) is 13.7. The van der Waals surface area contributed by atoms with E-state index in [2.05, 4.69) is 10.6 Å². The summed E-state index contributed by atoms with van der Waals surface area (Å²) in [5.74, 6) is 0.0160. The minimum absolute atomic E-state index is 0.292. The van der Waals surface area contributed by atoms with Crippen LogP contribution in [0.25, 0.3) is 0 Å². The molecule has 1 aromatic carbocycles. The molecule has 2 N–H and O–H groups in total. The number of rotatable bonds is 6. The van der Waals surface area contributed by atoms with Crippen molar-refractivity contribution in [3.05, 3.63) is 22.7 Å². The molecule has 1 aromatic rings. The zero-order valence-corrected chi connectivity index (χ0v) is 19.9. The molecule has 9 heteroatoms. The summed E-state index contributed by atoms with van der Waals surface area (Å²) in [5.41, 5.74) is -0.248. The molecule has 8 nitrogen and oxygen atoms in total. The first-order valence-electron chi connectivity index (χ1n) is 9.56. The van der Waals surface area contributed by atoms with Crippen molar-refractivity contribution >= 4 is 29.5 Å². The van der Waals surface area contributed by atoms with Crippen molar-refractivity contribution in [1.82, 2.24) is 5.32 Å². The summed E-state index contributed by atoms with van der Waals surface area (Å²) in [7, 11) is 2.96. The molecule has 170 valence electrons. The van der Waals surface area contributed by atoms with Gasteiger partial charge in [0.15, 0.2) is 0 Å². The summed E-state index contributed by atoms with van der Waals surface area (Å²) >= 11 is 6.37. The maximum atomic E-state index is 12.2. The van der Waals surface area contributed by atoms with Crippen LogP contribution >= 0.6 is 11.6 Å².